The fourth-order valence-corrected chi connectivity index (χ4v) is 1.93. The van der Waals surface area contributed by atoms with Gasteiger partial charge in [-0.25, -0.2) is 0 Å². The maximum atomic E-state index is 6.14. The van der Waals surface area contributed by atoms with E-state index in [0.29, 0.717) is 21.8 Å². The standard InChI is InChI=1S/C13H14Cl3NO/c14-6-10(15)8-18-13-9(2-1-3-12(13)16)7-17-11-4-5-11/h1-3,6,11,17H,4-5,7-8H2/b10-6+. The lowest BCUT2D eigenvalue weighted by Gasteiger charge is -2.13. The number of hydrogen-bond donors (Lipinski definition) is 1. The van der Waals surface area contributed by atoms with Gasteiger partial charge in [-0.2, -0.15) is 0 Å². The average Bonchev–Trinajstić information content (AvgIpc) is 3.18. The molecule has 0 radical (unpaired) electrons. The van der Waals surface area contributed by atoms with Crippen LogP contribution in [0.3, 0.4) is 0 Å². The molecule has 1 aliphatic rings. The first-order valence-electron chi connectivity index (χ1n) is 5.79. The number of halogens is 3. The van der Waals surface area contributed by atoms with Crippen molar-refractivity contribution in [1.29, 1.82) is 0 Å². The molecule has 0 bridgehead atoms. The Balaban J connectivity index is 2.04. The topological polar surface area (TPSA) is 21.3 Å². The smallest absolute Gasteiger partial charge is 0.142 e. The van der Waals surface area contributed by atoms with Gasteiger partial charge in [-0.1, -0.05) is 46.9 Å². The molecule has 0 heterocycles. The Kier molecular flexibility index (Phi) is 5.19. The molecule has 1 fully saturated rings. The van der Waals surface area contributed by atoms with Gasteiger partial charge >= 0.3 is 0 Å². The Bertz CT molecular complexity index is 444. The van der Waals surface area contributed by atoms with Crippen molar-refractivity contribution >= 4 is 34.8 Å². The van der Waals surface area contributed by atoms with Gasteiger partial charge in [-0.15, -0.1) is 0 Å². The van der Waals surface area contributed by atoms with Crippen LogP contribution in [0.5, 0.6) is 5.75 Å². The van der Waals surface area contributed by atoms with Crippen LogP contribution >= 0.6 is 34.8 Å². The van der Waals surface area contributed by atoms with E-state index in [0.717, 1.165) is 12.1 Å². The summed E-state index contributed by atoms with van der Waals surface area (Å²) in [6.07, 6.45) is 2.50. The second kappa shape index (κ2) is 6.67. The van der Waals surface area contributed by atoms with Gasteiger partial charge in [0.15, 0.2) is 0 Å². The van der Waals surface area contributed by atoms with Gasteiger partial charge in [0, 0.05) is 23.7 Å². The lowest BCUT2D eigenvalue weighted by molar-refractivity contribution is 0.354. The van der Waals surface area contributed by atoms with Crippen LogP contribution in [0.2, 0.25) is 5.02 Å². The lowest BCUT2D eigenvalue weighted by Crippen LogP contribution is -2.16. The molecule has 1 N–H and O–H groups in total. The van der Waals surface area contributed by atoms with Crippen molar-refractivity contribution in [3.05, 3.63) is 39.4 Å². The quantitative estimate of drug-likeness (QED) is 0.846. The van der Waals surface area contributed by atoms with Crippen LogP contribution in [0.4, 0.5) is 0 Å². The van der Waals surface area contributed by atoms with Gasteiger partial charge in [0.25, 0.3) is 0 Å². The maximum Gasteiger partial charge on any atom is 0.142 e. The number of para-hydroxylation sites is 1. The Morgan fingerprint density at radius 2 is 2.22 bits per heavy atom. The Hall–Kier alpha value is -0.410. The van der Waals surface area contributed by atoms with Crippen LogP contribution in [0.15, 0.2) is 28.8 Å². The van der Waals surface area contributed by atoms with Crippen LogP contribution in [0, 0.1) is 0 Å². The molecular weight excluding hydrogens is 293 g/mol. The molecule has 1 aliphatic carbocycles. The van der Waals surface area contributed by atoms with Crippen molar-refractivity contribution in [2.75, 3.05) is 6.61 Å². The molecule has 0 atom stereocenters. The van der Waals surface area contributed by atoms with E-state index < -0.39 is 0 Å². The number of hydrogen-bond acceptors (Lipinski definition) is 2. The van der Waals surface area contributed by atoms with Gasteiger partial charge < -0.3 is 10.1 Å². The highest BCUT2D eigenvalue weighted by Crippen LogP contribution is 2.30. The first-order chi connectivity index (χ1) is 8.70. The SMILES string of the molecule is Cl/C=C(/Cl)COc1c(Cl)cccc1CNC1CC1. The summed E-state index contributed by atoms with van der Waals surface area (Å²) in [5.74, 6) is 0.670. The van der Waals surface area contributed by atoms with Crippen molar-refractivity contribution < 1.29 is 4.74 Å². The van der Waals surface area contributed by atoms with Crippen molar-refractivity contribution in [2.24, 2.45) is 0 Å². The molecule has 0 saturated heterocycles. The molecule has 1 aromatic rings. The van der Waals surface area contributed by atoms with E-state index in [1.807, 2.05) is 12.1 Å². The second-order valence-electron chi connectivity index (χ2n) is 4.23. The molecule has 5 heteroatoms. The summed E-state index contributed by atoms with van der Waals surface area (Å²) >= 11 is 17.4. The number of ether oxygens (including phenoxy) is 1. The van der Waals surface area contributed by atoms with Crippen molar-refractivity contribution in [2.45, 2.75) is 25.4 Å². The van der Waals surface area contributed by atoms with Gasteiger partial charge in [0.05, 0.1) is 10.1 Å². The molecule has 1 aromatic carbocycles. The average molecular weight is 307 g/mol. The van der Waals surface area contributed by atoms with Crippen LogP contribution in [0.1, 0.15) is 18.4 Å². The minimum atomic E-state index is 0.227. The van der Waals surface area contributed by atoms with E-state index in [9.17, 15) is 0 Å². The van der Waals surface area contributed by atoms with Crippen LogP contribution in [-0.4, -0.2) is 12.6 Å². The summed E-state index contributed by atoms with van der Waals surface area (Å²) in [7, 11) is 0. The maximum absolute atomic E-state index is 6.14. The predicted molar refractivity (Wildman–Crippen MR) is 76.6 cm³/mol. The molecule has 0 unspecified atom stereocenters. The van der Waals surface area contributed by atoms with E-state index >= 15 is 0 Å². The highest BCUT2D eigenvalue weighted by molar-refractivity contribution is 6.36. The largest absolute Gasteiger partial charge is 0.486 e. The molecule has 0 amide bonds. The molecule has 2 nitrogen and oxygen atoms in total. The molecule has 0 aromatic heterocycles. The molecule has 0 spiro atoms. The fraction of sp³-hybridized carbons (Fsp3) is 0.385. The molecule has 98 valence electrons. The van der Waals surface area contributed by atoms with Crippen LogP contribution < -0.4 is 10.1 Å². The molecular formula is C13H14Cl3NO. The highest BCUT2D eigenvalue weighted by Gasteiger charge is 2.21. The molecule has 2 rings (SSSR count). The summed E-state index contributed by atoms with van der Waals surface area (Å²) in [5, 5.41) is 4.46. The van der Waals surface area contributed by atoms with E-state index in [4.69, 9.17) is 39.5 Å². The first kappa shape index (κ1) is 14.0. The lowest BCUT2D eigenvalue weighted by atomic mass is 10.2. The Morgan fingerprint density at radius 3 is 2.89 bits per heavy atom. The van der Waals surface area contributed by atoms with Gasteiger partial charge in [-0.3, -0.25) is 0 Å². The van der Waals surface area contributed by atoms with Crippen LogP contribution in [-0.2, 0) is 6.54 Å². The van der Waals surface area contributed by atoms with Crippen molar-refractivity contribution in [1.82, 2.24) is 5.32 Å². The van der Waals surface area contributed by atoms with Crippen molar-refractivity contribution in [3.8, 4) is 5.75 Å². The zero-order valence-electron chi connectivity index (χ0n) is 9.76. The summed E-state index contributed by atoms with van der Waals surface area (Å²) in [4.78, 5) is 0. The Morgan fingerprint density at radius 1 is 1.44 bits per heavy atom. The van der Waals surface area contributed by atoms with Gasteiger partial charge in [0.1, 0.15) is 12.4 Å². The normalized spacial score (nSPS) is 15.8. The minimum Gasteiger partial charge on any atom is -0.486 e. The molecule has 18 heavy (non-hydrogen) atoms. The molecule has 1 saturated carbocycles. The van der Waals surface area contributed by atoms with Gasteiger partial charge in [0.2, 0.25) is 0 Å². The summed E-state index contributed by atoms with van der Waals surface area (Å²) in [6.45, 7) is 0.980. The molecule has 0 aliphatic heterocycles. The fourth-order valence-electron chi connectivity index (χ4n) is 1.57. The van der Waals surface area contributed by atoms with E-state index in [1.54, 1.807) is 6.07 Å². The third kappa shape index (κ3) is 4.06. The third-order valence-corrected chi connectivity index (χ3v) is 3.57. The zero-order chi connectivity index (χ0) is 13.0. The van der Waals surface area contributed by atoms with E-state index in [-0.39, 0.29) is 6.61 Å². The first-order valence-corrected chi connectivity index (χ1v) is 6.98. The summed E-state index contributed by atoms with van der Waals surface area (Å²) < 4.78 is 5.62. The van der Waals surface area contributed by atoms with E-state index in [2.05, 4.69) is 5.32 Å². The summed E-state index contributed by atoms with van der Waals surface area (Å²) in [6, 6.07) is 6.35. The predicted octanol–water partition coefficient (Wildman–Crippen LogP) is 4.29. The highest BCUT2D eigenvalue weighted by atomic mass is 35.5. The minimum absolute atomic E-state index is 0.227. The summed E-state index contributed by atoms with van der Waals surface area (Å²) in [5.41, 5.74) is 2.33. The van der Waals surface area contributed by atoms with Gasteiger partial charge in [-0.05, 0) is 18.9 Å². The number of nitrogens with one attached hydrogen (secondary N) is 1. The number of benzene rings is 1. The second-order valence-corrected chi connectivity index (χ2v) is 5.34. The number of rotatable bonds is 6. The Labute approximate surface area is 122 Å². The third-order valence-electron chi connectivity index (χ3n) is 2.68. The van der Waals surface area contributed by atoms with Crippen LogP contribution in [0.25, 0.3) is 0 Å². The van der Waals surface area contributed by atoms with E-state index in [1.165, 1.54) is 18.4 Å². The monoisotopic (exact) mass is 305 g/mol. The zero-order valence-corrected chi connectivity index (χ0v) is 12.0. The van der Waals surface area contributed by atoms with Crippen molar-refractivity contribution in [3.63, 3.8) is 0 Å².